The highest BCUT2D eigenvalue weighted by Crippen LogP contribution is 2.33. The summed E-state index contributed by atoms with van der Waals surface area (Å²) >= 11 is 0. The maximum Gasteiger partial charge on any atom is 0.410 e. The summed E-state index contributed by atoms with van der Waals surface area (Å²) in [5, 5.41) is 8.96. The van der Waals surface area contributed by atoms with Gasteiger partial charge in [-0.2, -0.15) is 10.1 Å². The molecular weight excluding hydrogens is 460 g/mol. The fourth-order valence-corrected chi connectivity index (χ4v) is 4.60. The van der Waals surface area contributed by atoms with Crippen molar-refractivity contribution in [2.75, 3.05) is 25.5 Å². The monoisotopic (exact) mass is 490 g/mol. The number of carbonyl (C=O) groups excluding carboxylic acids is 1. The molecule has 0 unspecified atom stereocenters. The van der Waals surface area contributed by atoms with Gasteiger partial charge in [-0.1, -0.05) is 12.1 Å². The maximum absolute atomic E-state index is 12.7. The number of anilines is 2. The summed E-state index contributed by atoms with van der Waals surface area (Å²) in [6.45, 7) is 6.70. The van der Waals surface area contributed by atoms with Crippen molar-refractivity contribution < 1.29 is 14.3 Å². The number of fused-ring (bicyclic) bond motifs is 3. The number of nitrogens with zero attached hydrogens (tertiary/aromatic N) is 4. The molecule has 1 saturated heterocycles. The number of H-pyrrole nitrogens is 1. The molecule has 188 valence electrons. The van der Waals surface area contributed by atoms with Gasteiger partial charge in [0.15, 0.2) is 0 Å². The molecule has 1 fully saturated rings. The van der Waals surface area contributed by atoms with Gasteiger partial charge < -0.3 is 24.7 Å². The molecule has 0 radical (unpaired) electrons. The Hall–Kier alpha value is -4.08. The van der Waals surface area contributed by atoms with E-state index in [-0.39, 0.29) is 17.6 Å². The van der Waals surface area contributed by atoms with Crippen LogP contribution in [0.3, 0.4) is 0 Å². The van der Waals surface area contributed by atoms with Crippen molar-refractivity contribution in [1.29, 1.82) is 0 Å². The van der Waals surface area contributed by atoms with Gasteiger partial charge in [0.2, 0.25) is 5.88 Å². The van der Waals surface area contributed by atoms with Crippen LogP contribution in [0.2, 0.25) is 0 Å². The minimum Gasteiger partial charge on any atom is -0.481 e. The molecule has 1 amide bonds. The largest absolute Gasteiger partial charge is 0.481 e. The van der Waals surface area contributed by atoms with E-state index in [4.69, 9.17) is 14.6 Å². The fourth-order valence-electron chi connectivity index (χ4n) is 4.60. The number of nitrogens with one attached hydrogen (secondary N) is 2. The first-order valence-electron chi connectivity index (χ1n) is 12.0. The van der Waals surface area contributed by atoms with Gasteiger partial charge in [0.05, 0.1) is 29.4 Å². The highest BCUT2D eigenvalue weighted by Gasteiger charge is 2.29. The molecule has 0 aliphatic carbocycles. The van der Waals surface area contributed by atoms with Gasteiger partial charge in [-0.25, -0.2) is 9.31 Å². The van der Waals surface area contributed by atoms with E-state index in [9.17, 15) is 9.59 Å². The van der Waals surface area contributed by atoms with Crippen LogP contribution in [0.1, 0.15) is 45.2 Å². The van der Waals surface area contributed by atoms with Crippen LogP contribution in [0.4, 0.5) is 16.3 Å². The number of aromatic nitrogens is 4. The molecule has 0 bridgehead atoms. The molecule has 4 heterocycles. The van der Waals surface area contributed by atoms with Gasteiger partial charge >= 0.3 is 6.09 Å². The Morgan fingerprint density at radius 3 is 2.61 bits per heavy atom. The third-order valence-corrected chi connectivity index (χ3v) is 6.22. The third kappa shape index (κ3) is 4.71. The number of hydrogen-bond donors (Lipinski definition) is 2. The second kappa shape index (κ2) is 9.18. The van der Waals surface area contributed by atoms with E-state index >= 15 is 0 Å². The van der Waals surface area contributed by atoms with E-state index in [1.807, 2.05) is 55.6 Å². The van der Waals surface area contributed by atoms with Crippen molar-refractivity contribution in [3.05, 3.63) is 58.5 Å². The van der Waals surface area contributed by atoms with Crippen LogP contribution in [0.5, 0.6) is 5.88 Å². The van der Waals surface area contributed by atoms with E-state index in [1.165, 1.54) is 0 Å². The Balaban J connectivity index is 1.47. The summed E-state index contributed by atoms with van der Waals surface area (Å²) < 4.78 is 12.6. The molecule has 2 N–H and O–H groups in total. The lowest BCUT2D eigenvalue weighted by Gasteiger charge is -2.33. The number of carbonyl (C=O) groups is 1. The van der Waals surface area contributed by atoms with Gasteiger partial charge in [-0.15, -0.1) is 0 Å². The van der Waals surface area contributed by atoms with Crippen molar-refractivity contribution in [1.82, 2.24) is 24.5 Å². The van der Waals surface area contributed by atoms with Gasteiger partial charge in [0.25, 0.3) is 5.56 Å². The summed E-state index contributed by atoms with van der Waals surface area (Å²) in [6.07, 6.45) is 1.13. The minimum atomic E-state index is -0.534. The van der Waals surface area contributed by atoms with E-state index in [2.05, 4.69) is 15.3 Å². The van der Waals surface area contributed by atoms with Crippen molar-refractivity contribution in [3.8, 4) is 5.88 Å². The number of hydrogen-bond acceptors (Lipinski definition) is 7. The summed E-state index contributed by atoms with van der Waals surface area (Å²) in [4.78, 5) is 34.4. The number of likely N-dealkylation sites (tertiary alicyclic amines) is 1. The number of piperidine rings is 1. The van der Waals surface area contributed by atoms with Crippen LogP contribution in [-0.4, -0.2) is 56.4 Å². The normalized spacial score (nSPS) is 14.8. The van der Waals surface area contributed by atoms with Crippen LogP contribution in [0.25, 0.3) is 16.6 Å². The molecule has 36 heavy (non-hydrogen) atoms. The number of benzene rings is 1. The lowest BCUT2D eigenvalue weighted by atomic mass is 9.93. The lowest BCUT2D eigenvalue weighted by Crippen LogP contribution is -2.41. The van der Waals surface area contributed by atoms with Crippen LogP contribution in [-0.2, 0) is 4.74 Å². The molecule has 4 aromatic rings. The maximum atomic E-state index is 12.7. The number of amides is 1. The smallest absolute Gasteiger partial charge is 0.410 e. The van der Waals surface area contributed by atoms with Gasteiger partial charge in [0, 0.05) is 31.1 Å². The molecule has 3 aromatic heterocycles. The van der Waals surface area contributed by atoms with E-state index in [0.29, 0.717) is 43.3 Å². The molecule has 1 aliphatic rings. The number of aromatic amines is 1. The molecule has 0 atom stereocenters. The van der Waals surface area contributed by atoms with Crippen molar-refractivity contribution in [2.45, 2.75) is 45.1 Å². The van der Waals surface area contributed by atoms with Crippen LogP contribution >= 0.6 is 0 Å². The molecule has 10 nitrogen and oxygen atoms in total. The second-order valence-corrected chi connectivity index (χ2v) is 9.95. The summed E-state index contributed by atoms with van der Waals surface area (Å²) in [5.74, 6) is 1.20. The first-order chi connectivity index (χ1) is 17.2. The minimum absolute atomic E-state index is 0.0826. The van der Waals surface area contributed by atoms with Crippen molar-refractivity contribution in [2.24, 2.45) is 0 Å². The Morgan fingerprint density at radius 1 is 1.14 bits per heavy atom. The van der Waals surface area contributed by atoms with Crippen LogP contribution in [0, 0.1) is 0 Å². The summed E-state index contributed by atoms with van der Waals surface area (Å²) in [5.41, 5.74) is 2.25. The molecular formula is C26H30N6O4. The molecule has 1 aliphatic heterocycles. The topological polar surface area (TPSA) is 114 Å². The average molecular weight is 491 g/mol. The number of ether oxygens (including phenoxy) is 2. The van der Waals surface area contributed by atoms with Crippen LogP contribution in [0.15, 0.2) is 47.3 Å². The molecule has 0 spiro atoms. The average Bonchev–Trinajstić information content (AvgIpc) is 3.22. The Bertz CT molecular complexity index is 1480. The number of methoxy groups -OCH3 is 1. The second-order valence-electron chi connectivity index (χ2n) is 9.95. The van der Waals surface area contributed by atoms with E-state index < -0.39 is 5.60 Å². The standard InChI is InChI=1S/C26H30N6O4/c1-26(2,3)36-25(34)31-13-11-16(12-14-31)19-15-21(33)29-24-23-17(7-5-8-18(23)30-32(19)24)27-20-9-6-10-22(28-20)35-4/h5-10,15-16H,11-14H2,1-4H3,(H,27,28)(H,29,33). The first-order valence-corrected chi connectivity index (χ1v) is 12.0. The fraction of sp³-hybridized carbons (Fsp3) is 0.385. The quantitative estimate of drug-likeness (QED) is 0.435. The zero-order valence-electron chi connectivity index (χ0n) is 20.9. The molecule has 10 heteroatoms. The number of pyridine rings is 1. The first kappa shape index (κ1) is 23.7. The SMILES string of the molecule is COc1cccc(Nc2cccc3nn4c(C5CCN(C(=O)OC(C)(C)C)CC5)cc(=O)[nH]c4c23)n1. The van der Waals surface area contributed by atoms with Gasteiger partial charge in [-0.3, -0.25) is 4.79 Å². The summed E-state index contributed by atoms with van der Waals surface area (Å²) in [6, 6.07) is 12.8. The van der Waals surface area contributed by atoms with Gasteiger partial charge in [-0.05, 0) is 51.8 Å². The van der Waals surface area contributed by atoms with E-state index in [0.717, 1.165) is 22.3 Å². The molecule has 5 rings (SSSR count). The number of rotatable bonds is 4. The Labute approximate surface area is 208 Å². The highest BCUT2D eigenvalue weighted by molar-refractivity contribution is 6.03. The van der Waals surface area contributed by atoms with Crippen LogP contribution < -0.4 is 15.6 Å². The molecule has 0 saturated carbocycles. The predicted molar refractivity (Wildman–Crippen MR) is 137 cm³/mol. The molecule has 1 aromatic carbocycles. The highest BCUT2D eigenvalue weighted by atomic mass is 16.6. The predicted octanol–water partition coefficient (Wildman–Crippen LogP) is 4.44. The summed E-state index contributed by atoms with van der Waals surface area (Å²) in [7, 11) is 1.57. The van der Waals surface area contributed by atoms with Crippen molar-refractivity contribution >= 4 is 34.1 Å². The Morgan fingerprint density at radius 2 is 1.89 bits per heavy atom. The van der Waals surface area contributed by atoms with Crippen molar-refractivity contribution in [3.63, 3.8) is 0 Å². The third-order valence-electron chi connectivity index (χ3n) is 6.22. The zero-order chi connectivity index (χ0) is 25.4. The zero-order valence-corrected chi connectivity index (χ0v) is 20.9. The van der Waals surface area contributed by atoms with E-state index in [1.54, 1.807) is 24.1 Å². The lowest BCUT2D eigenvalue weighted by molar-refractivity contribution is 0.0203. The Kier molecular flexibility index (Phi) is 6.03. The van der Waals surface area contributed by atoms with Gasteiger partial charge in [0.1, 0.15) is 17.1 Å².